The Kier molecular flexibility index (Phi) is 5.72. The summed E-state index contributed by atoms with van der Waals surface area (Å²) in [6.45, 7) is 1.92. The predicted molar refractivity (Wildman–Crippen MR) is 127 cm³/mol. The van der Waals surface area contributed by atoms with Gasteiger partial charge in [-0.1, -0.05) is 0 Å². The molecule has 11 heteroatoms. The van der Waals surface area contributed by atoms with Gasteiger partial charge < -0.3 is 20.2 Å². The van der Waals surface area contributed by atoms with Crippen molar-refractivity contribution in [3.63, 3.8) is 0 Å². The molecule has 0 spiro atoms. The van der Waals surface area contributed by atoms with E-state index in [1.807, 2.05) is 6.07 Å². The first-order valence-electron chi connectivity index (χ1n) is 11.6. The van der Waals surface area contributed by atoms with Crippen LogP contribution < -0.4 is 10.9 Å². The SMILES string of the molecule is CN(C)C(=O)N1CCC(O)(Cn2cnc3c(cnn3-c3cncc(NCC4CC4)c3)c2=O)CC1. The van der Waals surface area contributed by atoms with Crippen molar-refractivity contribution in [2.45, 2.75) is 37.8 Å². The fourth-order valence-electron chi connectivity index (χ4n) is 4.35. The number of urea groups is 1. The highest BCUT2D eigenvalue weighted by molar-refractivity contribution is 5.75. The van der Waals surface area contributed by atoms with Crippen molar-refractivity contribution in [3.8, 4) is 5.69 Å². The maximum atomic E-state index is 13.2. The summed E-state index contributed by atoms with van der Waals surface area (Å²) in [5.74, 6) is 0.741. The zero-order valence-electron chi connectivity index (χ0n) is 19.5. The van der Waals surface area contributed by atoms with Crippen molar-refractivity contribution in [1.82, 2.24) is 34.1 Å². The molecule has 1 aliphatic heterocycles. The summed E-state index contributed by atoms with van der Waals surface area (Å²) in [6.07, 6.45) is 9.74. The van der Waals surface area contributed by atoms with E-state index in [1.165, 1.54) is 34.8 Å². The Bertz CT molecular complexity index is 1250. The minimum atomic E-state index is -1.08. The molecular formula is C23H30N8O3. The van der Waals surface area contributed by atoms with Gasteiger partial charge in [0, 0.05) is 33.7 Å². The fraction of sp³-hybridized carbons (Fsp3) is 0.522. The first-order valence-corrected chi connectivity index (χ1v) is 11.6. The van der Waals surface area contributed by atoms with Crippen molar-refractivity contribution in [1.29, 1.82) is 0 Å². The number of amides is 2. The van der Waals surface area contributed by atoms with Crippen LogP contribution in [0.2, 0.25) is 0 Å². The quantitative estimate of drug-likeness (QED) is 0.562. The molecule has 0 radical (unpaired) electrons. The predicted octanol–water partition coefficient (Wildman–Crippen LogP) is 1.31. The molecule has 2 fully saturated rings. The largest absolute Gasteiger partial charge is 0.388 e. The molecule has 11 nitrogen and oxygen atoms in total. The number of pyridine rings is 1. The van der Waals surface area contributed by atoms with Gasteiger partial charge in [0.05, 0.1) is 42.1 Å². The van der Waals surface area contributed by atoms with E-state index in [9.17, 15) is 14.7 Å². The van der Waals surface area contributed by atoms with E-state index in [1.54, 1.807) is 36.1 Å². The molecule has 5 rings (SSSR count). The highest BCUT2D eigenvalue weighted by Crippen LogP contribution is 2.29. The van der Waals surface area contributed by atoms with Crippen molar-refractivity contribution in [3.05, 3.63) is 41.3 Å². The number of nitrogens with zero attached hydrogens (tertiary/aromatic N) is 7. The first-order chi connectivity index (χ1) is 16.3. The van der Waals surface area contributed by atoms with Gasteiger partial charge in [-0.05, 0) is 37.7 Å². The number of rotatable bonds is 6. The van der Waals surface area contributed by atoms with Crippen LogP contribution in [0.15, 0.2) is 35.8 Å². The standard InChI is InChI=1S/C23H30N8O3/c1-28(2)22(33)29-7-5-23(34,6-8-29)14-30-15-26-20-19(21(30)32)13-27-31(20)18-9-17(11-24-12-18)25-10-16-3-4-16/h9,11-13,15-16,25,34H,3-8,10,14H2,1-2H3. The van der Waals surface area contributed by atoms with Gasteiger partial charge in [0.1, 0.15) is 11.7 Å². The van der Waals surface area contributed by atoms with Crippen LogP contribution in [0.3, 0.4) is 0 Å². The lowest BCUT2D eigenvalue weighted by Gasteiger charge is -2.39. The van der Waals surface area contributed by atoms with Crippen LogP contribution in [0.5, 0.6) is 0 Å². The highest BCUT2D eigenvalue weighted by Gasteiger charge is 2.35. The lowest BCUT2D eigenvalue weighted by molar-refractivity contribution is -0.0282. The van der Waals surface area contributed by atoms with Gasteiger partial charge in [0.15, 0.2) is 5.65 Å². The summed E-state index contributed by atoms with van der Waals surface area (Å²) in [4.78, 5) is 37.4. The topological polar surface area (TPSA) is 121 Å². The van der Waals surface area contributed by atoms with Gasteiger partial charge in [-0.15, -0.1) is 0 Å². The Morgan fingerprint density at radius 3 is 2.71 bits per heavy atom. The average Bonchev–Trinajstić information content (AvgIpc) is 3.56. The second-order valence-electron chi connectivity index (χ2n) is 9.62. The Morgan fingerprint density at radius 2 is 2.00 bits per heavy atom. The number of likely N-dealkylation sites (tertiary alicyclic amines) is 1. The molecule has 2 amide bonds. The Hall–Kier alpha value is -3.47. The van der Waals surface area contributed by atoms with Crippen molar-refractivity contribution in [2.24, 2.45) is 5.92 Å². The van der Waals surface area contributed by atoms with Crippen molar-refractivity contribution >= 4 is 22.8 Å². The zero-order chi connectivity index (χ0) is 23.9. The van der Waals surface area contributed by atoms with E-state index in [-0.39, 0.29) is 18.1 Å². The van der Waals surface area contributed by atoms with Gasteiger partial charge in [-0.3, -0.25) is 14.3 Å². The second-order valence-corrected chi connectivity index (χ2v) is 9.62. The molecule has 3 aromatic rings. The lowest BCUT2D eigenvalue weighted by Crippen LogP contribution is -2.51. The van der Waals surface area contributed by atoms with Crippen LogP contribution in [-0.2, 0) is 6.54 Å². The third kappa shape index (κ3) is 4.47. The van der Waals surface area contributed by atoms with E-state index in [4.69, 9.17) is 0 Å². The van der Waals surface area contributed by atoms with Gasteiger partial charge in [-0.25, -0.2) is 14.5 Å². The molecular weight excluding hydrogens is 436 g/mol. The summed E-state index contributed by atoms with van der Waals surface area (Å²) in [6, 6.07) is 1.87. The van der Waals surface area contributed by atoms with Crippen molar-refractivity contribution < 1.29 is 9.90 Å². The normalized spacial score (nSPS) is 17.7. The second kappa shape index (κ2) is 8.71. The van der Waals surface area contributed by atoms with E-state index in [2.05, 4.69) is 20.4 Å². The van der Waals surface area contributed by atoms with Crippen LogP contribution in [-0.4, -0.2) is 84.6 Å². The minimum Gasteiger partial charge on any atom is -0.388 e. The zero-order valence-corrected chi connectivity index (χ0v) is 19.5. The number of piperidine rings is 1. The Morgan fingerprint density at radius 1 is 1.24 bits per heavy atom. The maximum Gasteiger partial charge on any atom is 0.319 e. The number of aromatic nitrogens is 5. The smallest absolute Gasteiger partial charge is 0.319 e. The fourth-order valence-corrected chi connectivity index (χ4v) is 4.35. The molecule has 1 saturated carbocycles. The molecule has 2 aliphatic rings. The number of anilines is 1. The van der Waals surface area contributed by atoms with E-state index >= 15 is 0 Å². The molecule has 0 bridgehead atoms. The summed E-state index contributed by atoms with van der Waals surface area (Å²) in [7, 11) is 3.42. The number of nitrogens with one attached hydrogen (secondary N) is 1. The lowest BCUT2D eigenvalue weighted by atomic mass is 9.91. The van der Waals surface area contributed by atoms with Crippen LogP contribution >= 0.6 is 0 Å². The minimum absolute atomic E-state index is 0.0731. The van der Waals surface area contributed by atoms with E-state index in [0.29, 0.717) is 37.0 Å². The van der Waals surface area contributed by atoms with Gasteiger partial charge >= 0.3 is 6.03 Å². The highest BCUT2D eigenvalue weighted by atomic mass is 16.3. The van der Waals surface area contributed by atoms with E-state index < -0.39 is 5.60 Å². The molecule has 0 aromatic carbocycles. The number of hydrogen-bond acceptors (Lipinski definition) is 7. The molecule has 34 heavy (non-hydrogen) atoms. The molecule has 0 unspecified atom stereocenters. The third-order valence-corrected chi connectivity index (χ3v) is 6.63. The van der Waals surface area contributed by atoms with Crippen molar-refractivity contribution in [2.75, 3.05) is 39.0 Å². The molecule has 1 aliphatic carbocycles. The first kappa shape index (κ1) is 22.3. The Labute approximate surface area is 197 Å². The molecule has 3 aromatic heterocycles. The Balaban J connectivity index is 1.34. The van der Waals surface area contributed by atoms with Gasteiger partial charge in [-0.2, -0.15) is 5.10 Å². The number of carbonyl (C=O) groups excluding carboxylic acids is 1. The number of hydrogen-bond donors (Lipinski definition) is 2. The van der Waals surface area contributed by atoms with Crippen LogP contribution in [0.4, 0.5) is 10.5 Å². The molecule has 1 saturated heterocycles. The number of carbonyl (C=O) groups is 1. The average molecular weight is 467 g/mol. The molecule has 0 atom stereocenters. The molecule has 180 valence electrons. The molecule has 4 heterocycles. The van der Waals surface area contributed by atoms with Crippen LogP contribution in [0, 0.1) is 5.92 Å². The third-order valence-electron chi connectivity index (χ3n) is 6.63. The van der Waals surface area contributed by atoms with Crippen LogP contribution in [0.1, 0.15) is 25.7 Å². The summed E-state index contributed by atoms with van der Waals surface area (Å²) in [5.41, 5.74) is 0.733. The van der Waals surface area contributed by atoms with Gasteiger partial charge in [0.25, 0.3) is 5.56 Å². The summed E-state index contributed by atoms with van der Waals surface area (Å²) >= 11 is 0. The molecule has 2 N–H and O–H groups in total. The monoisotopic (exact) mass is 466 g/mol. The number of aliphatic hydroxyl groups is 1. The van der Waals surface area contributed by atoms with E-state index in [0.717, 1.165) is 23.8 Å². The number of fused-ring (bicyclic) bond motifs is 1. The van der Waals surface area contributed by atoms with Gasteiger partial charge in [0.2, 0.25) is 0 Å². The maximum absolute atomic E-state index is 13.2. The summed E-state index contributed by atoms with van der Waals surface area (Å²) in [5, 5.41) is 19.3. The summed E-state index contributed by atoms with van der Waals surface area (Å²) < 4.78 is 3.04. The van der Waals surface area contributed by atoms with Crippen LogP contribution in [0.25, 0.3) is 16.7 Å².